The van der Waals surface area contributed by atoms with E-state index in [4.69, 9.17) is 17.2 Å². The Labute approximate surface area is 150 Å². The van der Waals surface area contributed by atoms with Crippen LogP contribution in [0.15, 0.2) is 24.3 Å². The second-order valence-electron chi connectivity index (χ2n) is 3.77. The van der Waals surface area contributed by atoms with Gasteiger partial charge in [0.05, 0.1) is 0 Å². The smallest absolute Gasteiger partial charge is 0.677 e. The van der Waals surface area contributed by atoms with Crippen molar-refractivity contribution in [3.8, 4) is 0 Å². The summed E-state index contributed by atoms with van der Waals surface area (Å²) in [5.41, 5.74) is 19.4. The Morgan fingerprint density at radius 1 is 0.810 bits per heavy atom. The fourth-order valence-corrected chi connectivity index (χ4v) is 1.05. The van der Waals surface area contributed by atoms with Crippen LogP contribution in [0.3, 0.4) is 0 Å². The molecule has 0 spiro atoms. The van der Waals surface area contributed by atoms with Gasteiger partial charge in [0.15, 0.2) is 0 Å². The molecule has 21 heavy (non-hydrogen) atoms. The molecule has 0 radical (unpaired) electrons. The summed E-state index contributed by atoms with van der Waals surface area (Å²) in [7, 11) is -3.48. The van der Waals surface area contributed by atoms with E-state index in [0.29, 0.717) is 19.6 Å². The molecule has 3 N–H and O–H groups in total. The van der Waals surface area contributed by atoms with E-state index in [0.717, 1.165) is 19.3 Å². The van der Waals surface area contributed by atoms with Crippen molar-refractivity contribution >= 4 is 14.7 Å². The molecular formula is C14H29F2N3SiZr. The summed E-state index contributed by atoms with van der Waals surface area (Å²) in [6.07, 6.45) is 2.96. The molecule has 1 aromatic rings. The number of halogens is 2. The first-order chi connectivity index (χ1) is 9.55. The predicted molar refractivity (Wildman–Crippen MR) is 89.5 cm³/mol. The molecule has 0 aliphatic heterocycles. The van der Waals surface area contributed by atoms with Gasteiger partial charge in [0.2, 0.25) is 0 Å². The van der Waals surface area contributed by atoms with Gasteiger partial charge in [0, 0.05) is 0 Å². The van der Waals surface area contributed by atoms with Crippen molar-refractivity contribution in [2.24, 2.45) is 0 Å². The molecule has 7 heteroatoms. The van der Waals surface area contributed by atoms with Crippen molar-refractivity contribution in [3.05, 3.63) is 41.5 Å². The van der Waals surface area contributed by atoms with E-state index in [-0.39, 0.29) is 31.4 Å². The Balaban J connectivity index is -0.0000000973. The first-order valence-corrected chi connectivity index (χ1v) is 8.43. The quantitative estimate of drug-likeness (QED) is 0.385. The Morgan fingerprint density at radius 3 is 1.14 bits per heavy atom. The zero-order valence-electron chi connectivity index (χ0n) is 13.4. The summed E-state index contributed by atoms with van der Waals surface area (Å²) >= 11 is 0. The molecule has 1 rings (SSSR count). The third-order valence-electron chi connectivity index (χ3n) is 1.69. The average molecular weight is 397 g/mol. The second-order valence-corrected chi connectivity index (χ2v) is 5.04. The van der Waals surface area contributed by atoms with Crippen molar-refractivity contribution in [1.29, 1.82) is 0 Å². The van der Waals surface area contributed by atoms with Gasteiger partial charge < -0.3 is 17.2 Å². The fraction of sp³-hybridized carbons (Fsp3) is 0.643. The maximum atomic E-state index is 11.7. The van der Waals surface area contributed by atoms with Gasteiger partial charge in [-0.25, -0.2) is 12.1 Å². The molecule has 122 valence electrons. The van der Waals surface area contributed by atoms with Gasteiger partial charge in [-0.3, -0.25) is 8.22 Å². The Hall–Kier alpha value is 0.190. The summed E-state index contributed by atoms with van der Waals surface area (Å²) in [6.45, 7) is 7.69. The predicted octanol–water partition coefficient (Wildman–Crippen LogP) is 5.12. The molecule has 0 heterocycles. The molecule has 0 atom stereocenters. The van der Waals surface area contributed by atoms with Crippen molar-refractivity contribution in [1.82, 2.24) is 0 Å². The molecule has 0 bridgehead atoms. The van der Waals surface area contributed by atoms with Crippen LogP contribution in [-0.2, 0) is 26.2 Å². The van der Waals surface area contributed by atoms with Crippen LogP contribution in [0.25, 0.3) is 17.2 Å². The van der Waals surface area contributed by atoms with E-state index in [1.165, 1.54) is 12.1 Å². The molecule has 0 unspecified atom stereocenters. The minimum absolute atomic E-state index is 0. The molecule has 0 amide bonds. The monoisotopic (exact) mass is 395 g/mol. The minimum Gasteiger partial charge on any atom is -0.677 e. The number of rotatable bonds is 4. The van der Waals surface area contributed by atoms with Crippen molar-refractivity contribution in [2.45, 2.75) is 40.0 Å². The first-order valence-electron chi connectivity index (χ1n) is 6.98. The van der Waals surface area contributed by atoms with E-state index in [1.54, 1.807) is 12.1 Å². The van der Waals surface area contributed by atoms with Crippen LogP contribution in [0, 0.1) is 0 Å². The standard InChI is InChI=1S/C5H5F2Si.3C3H8N.Zr/c6-8(7)5-3-1-2-4-5;3*1-2-3-4;/h1-4,8H;3*4H,2-3H2,1H3;/q4*-1;+4. The molecule has 0 aromatic heterocycles. The first kappa shape index (κ1) is 29.2. The zero-order chi connectivity index (χ0) is 16.2. The molecule has 0 fully saturated rings. The van der Waals surface area contributed by atoms with Gasteiger partial charge in [-0.15, -0.1) is 5.19 Å². The van der Waals surface area contributed by atoms with Gasteiger partial charge in [0.1, 0.15) is 0 Å². The van der Waals surface area contributed by atoms with Crippen LogP contribution in [0.2, 0.25) is 0 Å². The zero-order valence-corrected chi connectivity index (χ0v) is 17.0. The molecule has 0 aliphatic rings. The topological polar surface area (TPSA) is 71.4 Å². The normalized spacial score (nSPS) is 8.24. The van der Waals surface area contributed by atoms with E-state index < -0.39 is 9.46 Å². The molecular weight excluding hydrogens is 367 g/mol. The average Bonchev–Trinajstić information content (AvgIpc) is 3.02. The third kappa shape index (κ3) is 33.2. The Morgan fingerprint density at radius 2 is 1.05 bits per heavy atom. The van der Waals surface area contributed by atoms with Crippen LogP contribution in [0.5, 0.6) is 0 Å². The number of nitrogens with one attached hydrogen (secondary N) is 3. The largest absolute Gasteiger partial charge is 4.00 e. The summed E-state index contributed by atoms with van der Waals surface area (Å²) in [5.74, 6) is 0. The maximum Gasteiger partial charge on any atom is 4.00 e. The van der Waals surface area contributed by atoms with Crippen molar-refractivity contribution < 1.29 is 34.4 Å². The third-order valence-corrected chi connectivity index (χ3v) is 2.58. The molecule has 3 nitrogen and oxygen atoms in total. The van der Waals surface area contributed by atoms with Crippen molar-refractivity contribution in [3.63, 3.8) is 0 Å². The van der Waals surface area contributed by atoms with E-state index in [1.807, 2.05) is 20.8 Å². The Kier molecular flexibility index (Phi) is 39.5. The van der Waals surface area contributed by atoms with Crippen molar-refractivity contribution in [2.75, 3.05) is 19.6 Å². The van der Waals surface area contributed by atoms with Gasteiger partial charge in [-0.2, -0.15) is 31.8 Å². The summed E-state index contributed by atoms with van der Waals surface area (Å²) in [6, 6.07) is 6.21. The van der Waals surface area contributed by atoms with E-state index in [9.17, 15) is 8.22 Å². The minimum atomic E-state index is -3.48. The molecule has 0 saturated carbocycles. The molecule has 1 aromatic carbocycles. The van der Waals surface area contributed by atoms with Crippen LogP contribution in [0.4, 0.5) is 8.22 Å². The number of hydrogen-bond donors (Lipinski definition) is 0. The van der Waals surface area contributed by atoms with Gasteiger partial charge in [0.25, 0.3) is 0 Å². The summed E-state index contributed by atoms with van der Waals surface area (Å²) in [4.78, 5) is 0. The van der Waals surface area contributed by atoms with Crippen LogP contribution < -0.4 is 5.19 Å². The van der Waals surface area contributed by atoms with Gasteiger partial charge >= 0.3 is 35.7 Å². The molecule has 0 saturated heterocycles. The summed E-state index contributed by atoms with van der Waals surface area (Å²) < 4.78 is 23.5. The van der Waals surface area contributed by atoms with Crippen LogP contribution in [-0.4, -0.2) is 29.1 Å². The summed E-state index contributed by atoms with van der Waals surface area (Å²) in [5, 5.41) is 0.241. The van der Waals surface area contributed by atoms with Crippen LogP contribution >= 0.6 is 0 Å². The SMILES string of the molecule is CCC[NH-].CCC[NH-].CCC[NH-].F[SiH](F)[c-]1cccc1.[Zr+4]. The van der Waals surface area contributed by atoms with Gasteiger partial charge in [-0.1, -0.05) is 40.0 Å². The number of hydrogen-bond acceptors (Lipinski definition) is 0. The Bertz CT molecular complexity index is 223. The van der Waals surface area contributed by atoms with Crippen LogP contribution in [0.1, 0.15) is 40.0 Å². The fourth-order valence-electron chi connectivity index (χ4n) is 0.534. The van der Waals surface area contributed by atoms with E-state index in [2.05, 4.69) is 0 Å². The maximum absolute atomic E-state index is 11.7. The van der Waals surface area contributed by atoms with Gasteiger partial charge in [-0.05, 0) is 0 Å². The van der Waals surface area contributed by atoms with E-state index >= 15 is 0 Å². The second kappa shape index (κ2) is 28.4. The molecule has 0 aliphatic carbocycles.